The molecule has 0 aliphatic heterocycles. The van der Waals surface area contributed by atoms with Crippen molar-refractivity contribution in [2.24, 2.45) is 0 Å². The molecule has 106 valence electrons. The molecule has 0 saturated heterocycles. The van der Waals surface area contributed by atoms with Crippen LogP contribution in [0.4, 0.5) is 0 Å². The number of hydrogen-bond acceptors (Lipinski definition) is 3. The standard InChI is InChI=1S/C17H17N3O/c1-2-4-16(5-3-1)12-21-17-8-6-15(7-9-17)10-11-20-14-18-13-19-20/h1-9,13-14H,10-12H2. The number of hydrogen-bond donors (Lipinski definition) is 0. The smallest absolute Gasteiger partial charge is 0.137 e. The third-order valence-electron chi connectivity index (χ3n) is 3.27. The summed E-state index contributed by atoms with van der Waals surface area (Å²) in [4.78, 5) is 3.93. The predicted octanol–water partition coefficient (Wildman–Crippen LogP) is 3.10. The maximum Gasteiger partial charge on any atom is 0.137 e. The van der Waals surface area contributed by atoms with Crippen LogP contribution in [0.25, 0.3) is 0 Å². The van der Waals surface area contributed by atoms with E-state index in [0.29, 0.717) is 6.61 Å². The van der Waals surface area contributed by atoms with E-state index >= 15 is 0 Å². The molecule has 2 aromatic carbocycles. The lowest BCUT2D eigenvalue weighted by atomic mass is 10.1. The molecule has 3 rings (SSSR count). The Kier molecular flexibility index (Phi) is 4.27. The summed E-state index contributed by atoms with van der Waals surface area (Å²) < 4.78 is 7.60. The van der Waals surface area contributed by atoms with Crippen LogP contribution in [0, 0.1) is 0 Å². The zero-order valence-electron chi connectivity index (χ0n) is 11.7. The van der Waals surface area contributed by atoms with Crippen LogP contribution < -0.4 is 4.74 Å². The summed E-state index contributed by atoms with van der Waals surface area (Å²) in [6.07, 6.45) is 4.22. The maximum atomic E-state index is 5.77. The normalized spacial score (nSPS) is 10.5. The lowest BCUT2D eigenvalue weighted by Gasteiger charge is -2.07. The van der Waals surface area contributed by atoms with Crippen molar-refractivity contribution in [2.75, 3.05) is 0 Å². The average molecular weight is 279 g/mol. The molecule has 1 heterocycles. The van der Waals surface area contributed by atoms with Crippen LogP contribution in [0.3, 0.4) is 0 Å². The van der Waals surface area contributed by atoms with Gasteiger partial charge in [-0.25, -0.2) is 4.98 Å². The Hall–Kier alpha value is -2.62. The molecular formula is C17H17N3O. The lowest BCUT2D eigenvalue weighted by Crippen LogP contribution is -2.01. The molecule has 4 nitrogen and oxygen atoms in total. The van der Waals surface area contributed by atoms with Crippen molar-refractivity contribution in [1.82, 2.24) is 14.8 Å². The van der Waals surface area contributed by atoms with Gasteiger partial charge in [0.15, 0.2) is 0 Å². The second kappa shape index (κ2) is 6.70. The van der Waals surface area contributed by atoms with E-state index in [1.165, 1.54) is 11.1 Å². The van der Waals surface area contributed by atoms with Crippen molar-refractivity contribution in [3.8, 4) is 5.75 Å². The molecule has 0 atom stereocenters. The molecule has 0 radical (unpaired) electrons. The minimum absolute atomic E-state index is 0.596. The van der Waals surface area contributed by atoms with E-state index in [9.17, 15) is 0 Å². The van der Waals surface area contributed by atoms with E-state index in [1.54, 1.807) is 12.7 Å². The minimum Gasteiger partial charge on any atom is -0.489 e. The fraction of sp³-hybridized carbons (Fsp3) is 0.176. The molecule has 1 aromatic heterocycles. The van der Waals surface area contributed by atoms with Gasteiger partial charge in [0.2, 0.25) is 0 Å². The molecule has 0 spiro atoms. The van der Waals surface area contributed by atoms with Crippen molar-refractivity contribution in [3.05, 3.63) is 78.4 Å². The van der Waals surface area contributed by atoms with E-state index in [2.05, 4.69) is 34.3 Å². The first-order valence-electron chi connectivity index (χ1n) is 6.98. The van der Waals surface area contributed by atoms with E-state index in [-0.39, 0.29) is 0 Å². The number of aromatic nitrogens is 3. The second-order valence-corrected chi connectivity index (χ2v) is 4.83. The van der Waals surface area contributed by atoms with Gasteiger partial charge in [-0.1, -0.05) is 42.5 Å². The van der Waals surface area contributed by atoms with E-state index < -0.39 is 0 Å². The summed E-state index contributed by atoms with van der Waals surface area (Å²) in [6, 6.07) is 18.4. The van der Waals surface area contributed by atoms with Crippen LogP contribution >= 0.6 is 0 Å². The highest BCUT2D eigenvalue weighted by Crippen LogP contribution is 2.14. The second-order valence-electron chi connectivity index (χ2n) is 4.83. The van der Waals surface area contributed by atoms with Gasteiger partial charge in [-0.15, -0.1) is 0 Å². The summed E-state index contributed by atoms with van der Waals surface area (Å²) in [6.45, 7) is 1.43. The number of nitrogens with zero attached hydrogens (tertiary/aromatic N) is 3. The maximum absolute atomic E-state index is 5.77. The quantitative estimate of drug-likeness (QED) is 0.696. The van der Waals surface area contributed by atoms with Crippen molar-refractivity contribution in [1.29, 1.82) is 0 Å². The fourth-order valence-electron chi connectivity index (χ4n) is 2.09. The molecule has 0 N–H and O–H groups in total. The Balaban J connectivity index is 1.52. The van der Waals surface area contributed by atoms with E-state index in [1.807, 2.05) is 35.0 Å². The van der Waals surface area contributed by atoms with Gasteiger partial charge in [0.05, 0.1) is 0 Å². The number of ether oxygens (including phenoxy) is 1. The highest BCUT2D eigenvalue weighted by atomic mass is 16.5. The summed E-state index contributed by atoms with van der Waals surface area (Å²) in [5.41, 5.74) is 2.44. The van der Waals surface area contributed by atoms with Gasteiger partial charge in [-0.3, -0.25) is 4.68 Å². The fourth-order valence-corrected chi connectivity index (χ4v) is 2.09. The number of aryl methyl sites for hydroxylation is 2. The van der Waals surface area contributed by atoms with Crippen molar-refractivity contribution in [2.45, 2.75) is 19.6 Å². The van der Waals surface area contributed by atoms with Gasteiger partial charge >= 0.3 is 0 Å². The Labute approximate surface area is 124 Å². The summed E-state index contributed by atoms with van der Waals surface area (Å²) >= 11 is 0. The van der Waals surface area contributed by atoms with Gasteiger partial charge < -0.3 is 4.74 Å². The van der Waals surface area contributed by atoms with E-state index in [4.69, 9.17) is 4.74 Å². The third kappa shape index (κ3) is 3.92. The molecule has 0 saturated carbocycles. The largest absolute Gasteiger partial charge is 0.489 e. The molecule has 4 heteroatoms. The predicted molar refractivity (Wildman–Crippen MR) is 80.9 cm³/mol. The molecule has 0 bridgehead atoms. The van der Waals surface area contributed by atoms with Gasteiger partial charge in [0.1, 0.15) is 25.0 Å². The topological polar surface area (TPSA) is 39.9 Å². The van der Waals surface area contributed by atoms with Gasteiger partial charge in [0.25, 0.3) is 0 Å². The molecule has 0 unspecified atom stereocenters. The summed E-state index contributed by atoms with van der Waals surface area (Å²) in [5.74, 6) is 0.892. The van der Waals surface area contributed by atoms with Crippen LogP contribution in [0.5, 0.6) is 5.75 Å². The van der Waals surface area contributed by atoms with Gasteiger partial charge in [-0.2, -0.15) is 5.10 Å². The van der Waals surface area contributed by atoms with Gasteiger partial charge in [0, 0.05) is 6.54 Å². The lowest BCUT2D eigenvalue weighted by molar-refractivity contribution is 0.306. The number of benzene rings is 2. The molecule has 0 amide bonds. The Morgan fingerprint density at radius 3 is 2.43 bits per heavy atom. The third-order valence-corrected chi connectivity index (χ3v) is 3.27. The monoisotopic (exact) mass is 279 g/mol. The zero-order valence-corrected chi connectivity index (χ0v) is 11.7. The molecule has 0 aliphatic rings. The van der Waals surface area contributed by atoms with E-state index in [0.717, 1.165) is 18.7 Å². The Morgan fingerprint density at radius 1 is 0.905 bits per heavy atom. The van der Waals surface area contributed by atoms with Crippen LogP contribution in [0.2, 0.25) is 0 Å². The minimum atomic E-state index is 0.596. The summed E-state index contributed by atoms with van der Waals surface area (Å²) in [5, 5.41) is 4.09. The Morgan fingerprint density at radius 2 is 1.71 bits per heavy atom. The highest BCUT2D eigenvalue weighted by molar-refractivity contribution is 5.27. The first-order valence-corrected chi connectivity index (χ1v) is 6.98. The Bertz CT molecular complexity index is 648. The van der Waals surface area contributed by atoms with Crippen molar-refractivity contribution in [3.63, 3.8) is 0 Å². The van der Waals surface area contributed by atoms with Crippen molar-refractivity contribution < 1.29 is 4.74 Å². The number of rotatable bonds is 6. The molecule has 21 heavy (non-hydrogen) atoms. The highest BCUT2D eigenvalue weighted by Gasteiger charge is 1.98. The molecular weight excluding hydrogens is 262 g/mol. The average Bonchev–Trinajstić information content (AvgIpc) is 3.06. The van der Waals surface area contributed by atoms with Crippen LogP contribution in [0.1, 0.15) is 11.1 Å². The summed E-state index contributed by atoms with van der Waals surface area (Å²) in [7, 11) is 0. The first-order chi connectivity index (χ1) is 10.4. The zero-order chi connectivity index (χ0) is 14.3. The van der Waals surface area contributed by atoms with Crippen LogP contribution in [0.15, 0.2) is 67.3 Å². The van der Waals surface area contributed by atoms with Crippen LogP contribution in [-0.4, -0.2) is 14.8 Å². The van der Waals surface area contributed by atoms with Gasteiger partial charge in [-0.05, 0) is 29.7 Å². The first kappa shape index (κ1) is 13.4. The molecule has 0 aliphatic carbocycles. The van der Waals surface area contributed by atoms with Crippen molar-refractivity contribution >= 4 is 0 Å². The molecule has 3 aromatic rings. The molecule has 0 fully saturated rings. The SMILES string of the molecule is c1ccc(COc2ccc(CCn3cncn3)cc2)cc1. The van der Waals surface area contributed by atoms with Crippen LogP contribution in [-0.2, 0) is 19.6 Å².